The summed E-state index contributed by atoms with van der Waals surface area (Å²) in [5.41, 5.74) is 1.15. The number of hydrogen-bond acceptors (Lipinski definition) is 1. The minimum absolute atomic E-state index is 0.0352. The van der Waals surface area contributed by atoms with Gasteiger partial charge in [-0.05, 0) is 111 Å². The number of rotatable bonds is 5. The molecule has 2 aliphatic carbocycles. The molecule has 1 unspecified atom stereocenters. The zero-order valence-electron chi connectivity index (χ0n) is 19.2. The van der Waals surface area contributed by atoms with E-state index in [9.17, 15) is 8.78 Å². The average Bonchev–Trinajstić information content (AvgIpc) is 2.81. The Labute approximate surface area is 185 Å². The maximum atomic E-state index is 14.6. The quantitative estimate of drug-likeness (QED) is 0.436. The lowest BCUT2D eigenvalue weighted by Crippen LogP contribution is -2.27. The molecule has 1 atom stereocenters. The standard InChI is InChI=1S/C28H36F2O/c1-4-5-19-6-8-20(9-7-19)18(2)21-10-12-22(13-11-21)23-14-15-24-17-26(31-3)28(30)27(29)25(24)16-23/h4-5,14-22H,6-13H2,1-3H3/b5-4+. The monoisotopic (exact) mass is 426 g/mol. The first-order valence-electron chi connectivity index (χ1n) is 12.1. The number of hydrogen-bond donors (Lipinski definition) is 0. The third-order valence-corrected chi connectivity index (χ3v) is 8.24. The largest absolute Gasteiger partial charge is 0.494 e. The van der Waals surface area contributed by atoms with Crippen LogP contribution >= 0.6 is 0 Å². The fraction of sp³-hybridized carbons (Fsp3) is 0.571. The van der Waals surface area contributed by atoms with Crippen molar-refractivity contribution in [3.05, 3.63) is 53.6 Å². The van der Waals surface area contributed by atoms with Gasteiger partial charge in [0.15, 0.2) is 11.6 Å². The van der Waals surface area contributed by atoms with Gasteiger partial charge in [0.2, 0.25) is 5.82 Å². The molecule has 0 aliphatic heterocycles. The molecule has 168 valence electrons. The average molecular weight is 427 g/mol. The smallest absolute Gasteiger partial charge is 0.201 e. The first kappa shape index (κ1) is 22.3. The van der Waals surface area contributed by atoms with Crippen molar-refractivity contribution in [2.24, 2.45) is 23.7 Å². The normalized spacial score (nSPS) is 28.2. The predicted molar refractivity (Wildman–Crippen MR) is 125 cm³/mol. The van der Waals surface area contributed by atoms with Crippen LogP contribution in [0.4, 0.5) is 8.78 Å². The Balaban J connectivity index is 1.39. The molecule has 0 radical (unpaired) electrons. The highest BCUT2D eigenvalue weighted by molar-refractivity contribution is 5.85. The Kier molecular flexibility index (Phi) is 6.99. The Morgan fingerprint density at radius 1 is 0.903 bits per heavy atom. The predicted octanol–water partition coefficient (Wildman–Crippen LogP) is 8.42. The van der Waals surface area contributed by atoms with Crippen LogP contribution in [-0.4, -0.2) is 7.11 Å². The molecule has 0 N–H and O–H groups in total. The van der Waals surface area contributed by atoms with E-state index in [4.69, 9.17) is 4.74 Å². The van der Waals surface area contributed by atoms with Crippen molar-refractivity contribution in [3.63, 3.8) is 0 Å². The van der Waals surface area contributed by atoms with Gasteiger partial charge >= 0.3 is 0 Å². The lowest BCUT2D eigenvalue weighted by molar-refractivity contribution is 0.142. The maximum absolute atomic E-state index is 14.6. The Morgan fingerprint density at radius 2 is 1.55 bits per heavy atom. The molecule has 2 saturated carbocycles. The van der Waals surface area contributed by atoms with E-state index in [-0.39, 0.29) is 5.75 Å². The van der Waals surface area contributed by atoms with Crippen LogP contribution in [0.15, 0.2) is 36.4 Å². The van der Waals surface area contributed by atoms with Gasteiger partial charge in [-0.3, -0.25) is 0 Å². The van der Waals surface area contributed by atoms with Gasteiger partial charge in [-0.1, -0.05) is 31.2 Å². The highest BCUT2D eigenvalue weighted by Crippen LogP contribution is 2.45. The van der Waals surface area contributed by atoms with Gasteiger partial charge in [0.05, 0.1) is 7.11 Å². The van der Waals surface area contributed by atoms with E-state index in [1.807, 2.05) is 12.1 Å². The summed E-state index contributed by atoms with van der Waals surface area (Å²) in [4.78, 5) is 0. The number of allylic oxidation sites excluding steroid dienone is 2. The van der Waals surface area contributed by atoms with Gasteiger partial charge in [0.1, 0.15) is 0 Å². The molecular weight excluding hydrogens is 390 g/mol. The van der Waals surface area contributed by atoms with Crippen molar-refractivity contribution in [2.45, 2.75) is 71.1 Å². The maximum Gasteiger partial charge on any atom is 0.201 e. The Hall–Kier alpha value is -1.90. The fourth-order valence-electron chi connectivity index (χ4n) is 6.22. The van der Waals surface area contributed by atoms with Gasteiger partial charge in [0, 0.05) is 5.39 Å². The van der Waals surface area contributed by atoms with Crippen LogP contribution in [0.25, 0.3) is 10.8 Å². The number of fused-ring (bicyclic) bond motifs is 1. The number of methoxy groups -OCH3 is 1. The van der Waals surface area contributed by atoms with E-state index in [2.05, 4.69) is 32.1 Å². The lowest BCUT2D eigenvalue weighted by Gasteiger charge is -2.39. The van der Waals surface area contributed by atoms with Crippen molar-refractivity contribution in [2.75, 3.05) is 7.11 Å². The fourth-order valence-corrected chi connectivity index (χ4v) is 6.22. The van der Waals surface area contributed by atoms with Crippen molar-refractivity contribution in [1.82, 2.24) is 0 Å². The zero-order chi connectivity index (χ0) is 22.0. The first-order valence-corrected chi connectivity index (χ1v) is 12.1. The zero-order valence-corrected chi connectivity index (χ0v) is 19.2. The van der Waals surface area contributed by atoms with Crippen LogP contribution < -0.4 is 4.74 Å². The molecule has 1 nitrogen and oxygen atoms in total. The summed E-state index contributed by atoms with van der Waals surface area (Å²) in [7, 11) is 1.37. The Morgan fingerprint density at radius 3 is 2.16 bits per heavy atom. The second kappa shape index (κ2) is 9.71. The van der Waals surface area contributed by atoms with E-state index in [0.717, 1.165) is 42.1 Å². The highest BCUT2D eigenvalue weighted by Gasteiger charge is 2.32. The lowest BCUT2D eigenvalue weighted by atomic mass is 9.67. The molecule has 0 aromatic heterocycles. The molecule has 0 spiro atoms. The molecule has 2 aromatic rings. The Bertz CT molecular complexity index is 918. The number of ether oxygens (including phenoxy) is 1. The number of benzene rings is 2. The van der Waals surface area contributed by atoms with Crippen LogP contribution in [0.2, 0.25) is 0 Å². The molecule has 2 aliphatic rings. The molecule has 2 aromatic carbocycles. The van der Waals surface area contributed by atoms with E-state index in [0.29, 0.717) is 16.7 Å². The second-order valence-electron chi connectivity index (χ2n) is 9.86. The van der Waals surface area contributed by atoms with Gasteiger partial charge in [-0.2, -0.15) is 4.39 Å². The highest BCUT2D eigenvalue weighted by atomic mass is 19.2. The van der Waals surface area contributed by atoms with Crippen LogP contribution in [-0.2, 0) is 0 Å². The summed E-state index contributed by atoms with van der Waals surface area (Å²) < 4.78 is 33.7. The third kappa shape index (κ3) is 4.66. The SMILES string of the molecule is C/C=C/C1CCC(C(C)C2CCC(c3ccc4cc(OC)c(F)c(F)c4c3)CC2)CC1. The van der Waals surface area contributed by atoms with Crippen molar-refractivity contribution < 1.29 is 13.5 Å². The molecule has 0 saturated heterocycles. The summed E-state index contributed by atoms with van der Waals surface area (Å²) in [6.45, 7) is 4.61. The second-order valence-corrected chi connectivity index (χ2v) is 9.86. The topological polar surface area (TPSA) is 9.23 Å². The molecule has 4 rings (SSSR count). The molecule has 0 amide bonds. The van der Waals surface area contributed by atoms with Gasteiger partial charge in [-0.15, -0.1) is 0 Å². The summed E-state index contributed by atoms with van der Waals surface area (Å²) in [5, 5.41) is 1.06. The number of halogens is 2. The molecule has 3 heteroatoms. The van der Waals surface area contributed by atoms with Crippen LogP contribution in [0.5, 0.6) is 5.75 Å². The third-order valence-electron chi connectivity index (χ3n) is 8.24. The molecular formula is C28H36F2O. The van der Waals surface area contributed by atoms with Crippen LogP contribution in [0.1, 0.15) is 76.7 Å². The van der Waals surface area contributed by atoms with Gasteiger partial charge < -0.3 is 4.74 Å². The minimum atomic E-state index is -0.895. The molecule has 0 bridgehead atoms. The summed E-state index contributed by atoms with van der Waals surface area (Å²) >= 11 is 0. The van der Waals surface area contributed by atoms with E-state index in [1.54, 1.807) is 6.07 Å². The van der Waals surface area contributed by atoms with E-state index in [1.165, 1.54) is 45.6 Å². The molecule has 2 fully saturated rings. The summed E-state index contributed by atoms with van der Waals surface area (Å²) in [6, 6.07) is 7.45. The first-order chi connectivity index (χ1) is 15.0. The van der Waals surface area contributed by atoms with Crippen molar-refractivity contribution in [1.29, 1.82) is 0 Å². The van der Waals surface area contributed by atoms with Crippen LogP contribution in [0, 0.1) is 35.3 Å². The van der Waals surface area contributed by atoms with Gasteiger partial charge in [-0.25, -0.2) is 4.39 Å². The molecule has 0 heterocycles. The summed E-state index contributed by atoms with van der Waals surface area (Å²) in [6.07, 6.45) is 14.8. The summed E-state index contributed by atoms with van der Waals surface area (Å²) in [5.74, 6) is 1.98. The van der Waals surface area contributed by atoms with Crippen molar-refractivity contribution in [3.8, 4) is 5.75 Å². The van der Waals surface area contributed by atoms with Crippen molar-refractivity contribution >= 4 is 10.8 Å². The van der Waals surface area contributed by atoms with E-state index >= 15 is 0 Å². The van der Waals surface area contributed by atoms with Gasteiger partial charge in [0.25, 0.3) is 0 Å². The van der Waals surface area contributed by atoms with Crippen LogP contribution in [0.3, 0.4) is 0 Å². The van der Waals surface area contributed by atoms with E-state index < -0.39 is 11.6 Å². The molecule has 31 heavy (non-hydrogen) atoms. The minimum Gasteiger partial charge on any atom is -0.494 e.